The fraction of sp³-hybridized carbons (Fsp3) is 0.273. The van der Waals surface area contributed by atoms with Gasteiger partial charge in [0.05, 0.1) is 23.2 Å². The summed E-state index contributed by atoms with van der Waals surface area (Å²) in [7, 11) is 0. The predicted octanol–water partition coefficient (Wildman–Crippen LogP) is 4.64. The second-order valence-corrected chi connectivity index (χ2v) is 7.93. The van der Waals surface area contributed by atoms with Crippen LogP contribution in [0.4, 0.5) is 0 Å². The van der Waals surface area contributed by atoms with Crippen LogP contribution in [0.3, 0.4) is 0 Å². The monoisotopic (exact) mass is 427 g/mol. The van der Waals surface area contributed by atoms with Gasteiger partial charge in [-0.1, -0.05) is 53.5 Å². The lowest BCUT2D eigenvalue weighted by atomic mass is 10.2. The van der Waals surface area contributed by atoms with E-state index in [1.54, 1.807) is 4.68 Å². The van der Waals surface area contributed by atoms with Crippen LogP contribution >= 0.6 is 23.2 Å². The molecule has 0 bridgehead atoms. The summed E-state index contributed by atoms with van der Waals surface area (Å²) in [5.41, 5.74) is 3.95. The highest BCUT2D eigenvalue weighted by atomic mass is 35.5. The van der Waals surface area contributed by atoms with E-state index >= 15 is 0 Å². The van der Waals surface area contributed by atoms with Gasteiger partial charge in [-0.2, -0.15) is 10.2 Å². The van der Waals surface area contributed by atoms with Gasteiger partial charge < -0.3 is 0 Å². The normalized spacial score (nSPS) is 15.3. The van der Waals surface area contributed by atoms with Crippen molar-refractivity contribution in [2.45, 2.75) is 13.5 Å². The molecule has 2 aromatic carbocycles. The van der Waals surface area contributed by atoms with E-state index in [-0.39, 0.29) is 0 Å². The average Bonchev–Trinajstić information content (AvgIpc) is 3.03. The first-order chi connectivity index (χ1) is 14.1. The van der Waals surface area contributed by atoms with Crippen LogP contribution in [0.15, 0.2) is 59.7 Å². The number of hydrazone groups is 1. The van der Waals surface area contributed by atoms with E-state index in [0.29, 0.717) is 5.15 Å². The standard InChI is InChI=1S/C22H23Cl2N5/c1-17-21(22(24)29(26-17)20-5-3-2-4-6-20)15-25-28-13-11-27(12-14-28)16-18-7-9-19(23)10-8-18/h2-10,15H,11-14,16H2,1H3. The quantitative estimate of drug-likeness (QED) is 0.556. The van der Waals surface area contributed by atoms with Crippen LogP contribution in [0.1, 0.15) is 16.8 Å². The molecule has 0 radical (unpaired) electrons. The minimum absolute atomic E-state index is 0.582. The third-order valence-corrected chi connectivity index (χ3v) is 5.68. The van der Waals surface area contributed by atoms with Gasteiger partial charge in [0.2, 0.25) is 0 Å². The lowest BCUT2D eigenvalue weighted by Crippen LogP contribution is -2.43. The van der Waals surface area contributed by atoms with Crippen molar-refractivity contribution in [1.29, 1.82) is 0 Å². The molecule has 7 heteroatoms. The van der Waals surface area contributed by atoms with Gasteiger partial charge in [0, 0.05) is 37.7 Å². The van der Waals surface area contributed by atoms with Gasteiger partial charge in [-0.05, 0) is 36.8 Å². The molecule has 1 aromatic heterocycles. The van der Waals surface area contributed by atoms with Crippen molar-refractivity contribution >= 4 is 29.4 Å². The van der Waals surface area contributed by atoms with Crippen molar-refractivity contribution in [3.05, 3.63) is 81.6 Å². The molecule has 0 saturated carbocycles. The maximum absolute atomic E-state index is 6.58. The average molecular weight is 428 g/mol. The van der Waals surface area contributed by atoms with E-state index in [0.717, 1.165) is 54.7 Å². The molecule has 2 heterocycles. The summed E-state index contributed by atoms with van der Waals surface area (Å²) in [4.78, 5) is 2.43. The highest BCUT2D eigenvalue weighted by Crippen LogP contribution is 2.22. The molecule has 3 aromatic rings. The third-order valence-electron chi connectivity index (χ3n) is 5.07. The molecule has 5 nitrogen and oxygen atoms in total. The molecule has 1 saturated heterocycles. The van der Waals surface area contributed by atoms with Crippen LogP contribution in [0.25, 0.3) is 5.69 Å². The van der Waals surface area contributed by atoms with E-state index < -0.39 is 0 Å². The van der Waals surface area contributed by atoms with Crippen LogP contribution < -0.4 is 0 Å². The van der Waals surface area contributed by atoms with Crippen LogP contribution in [-0.4, -0.2) is 52.1 Å². The molecule has 1 fully saturated rings. The van der Waals surface area contributed by atoms with E-state index in [2.05, 4.69) is 32.2 Å². The second kappa shape index (κ2) is 8.99. The summed E-state index contributed by atoms with van der Waals surface area (Å²) < 4.78 is 1.75. The topological polar surface area (TPSA) is 36.7 Å². The number of piperazine rings is 1. The van der Waals surface area contributed by atoms with Gasteiger partial charge in [-0.3, -0.25) is 9.91 Å². The van der Waals surface area contributed by atoms with Gasteiger partial charge in [-0.15, -0.1) is 0 Å². The van der Waals surface area contributed by atoms with Gasteiger partial charge >= 0.3 is 0 Å². The largest absolute Gasteiger partial charge is 0.295 e. The maximum Gasteiger partial charge on any atom is 0.142 e. The molecule has 0 atom stereocenters. The Morgan fingerprint density at radius 1 is 0.966 bits per heavy atom. The molecule has 0 spiro atoms. The molecule has 1 aliphatic heterocycles. The van der Waals surface area contributed by atoms with Crippen LogP contribution in [-0.2, 0) is 6.54 Å². The molecule has 4 rings (SSSR count). The van der Waals surface area contributed by atoms with Crippen molar-refractivity contribution in [2.24, 2.45) is 5.10 Å². The first-order valence-corrected chi connectivity index (χ1v) is 10.4. The summed E-state index contributed by atoms with van der Waals surface area (Å²) in [5.74, 6) is 0. The number of para-hydroxylation sites is 1. The van der Waals surface area contributed by atoms with E-state index in [1.165, 1.54) is 5.56 Å². The van der Waals surface area contributed by atoms with Crippen LogP contribution in [0.2, 0.25) is 10.2 Å². The molecule has 150 valence electrons. The minimum atomic E-state index is 0.582. The Hall–Kier alpha value is -2.34. The summed E-state index contributed by atoms with van der Waals surface area (Å²) in [6.07, 6.45) is 1.83. The fourth-order valence-electron chi connectivity index (χ4n) is 3.40. The Labute approximate surface area is 181 Å². The lowest BCUT2D eigenvalue weighted by Gasteiger charge is -2.33. The Morgan fingerprint density at radius 3 is 2.34 bits per heavy atom. The van der Waals surface area contributed by atoms with E-state index in [1.807, 2.05) is 55.6 Å². The van der Waals surface area contributed by atoms with Gasteiger partial charge in [-0.25, -0.2) is 4.68 Å². The first-order valence-electron chi connectivity index (χ1n) is 9.66. The number of hydrogen-bond donors (Lipinski definition) is 0. The molecular weight excluding hydrogens is 405 g/mol. The number of hydrogen-bond acceptors (Lipinski definition) is 4. The number of aryl methyl sites for hydroxylation is 1. The second-order valence-electron chi connectivity index (χ2n) is 7.14. The molecule has 0 aliphatic carbocycles. The highest BCUT2D eigenvalue weighted by molar-refractivity contribution is 6.32. The Balaban J connectivity index is 1.37. The first kappa shape index (κ1) is 20.0. The van der Waals surface area contributed by atoms with Crippen LogP contribution in [0, 0.1) is 6.92 Å². The molecule has 29 heavy (non-hydrogen) atoms. The zero-order chi connectivity index (χ0) is 20.2. The summed E-state index contributed by atoms with van der Waals surface area (Å²) in [5, 5.41) is 12.7. The van der Waals surface area contributed by atoms with Crippen molar-refractivity contribution in [3.63, 3.8) is 0 Å². The number of benzene rings is 2. The fourth-order valence-corrected chi connectivity index (χ4v) is 3.84. The zero-order valence-electron chi connectivity index (χ0n) is 16.3. The molecule has 1 aliphatic rings. The molecule has 0 unspecified atom stereocenters. The van der Waals surface area contributed by atoms with Gasteiger partial charge in [0.25, 0.3) is 0 Å². The summed E-state index contributed by atoms with van der Waals surface area (Å²) >= 11 is 12.5. The third kappa shape index (κ3) is 4.81. The van der Waals surface area contributed by atoms with Crippen molar-refractivity contribution in [1.82, 2.24) is 19.7 Å². The van der Waals surface area contributed by atoms with Gasteiger partial charge in [0.15, 0.2) is 0 Å². The SMILES string of the molecule is Cc1nn(-c2ccccc2)c(Cl)c1C=NN1CCN(Cc2ccc(Cl)cc2)CC1. The van der Waals surface area contributed by atoms with Crippen LogP contribution in [0.5, 0.6) is 0 Å². The predicted molar refractivity (Wildman–Crippen MR) is 119 cm³/mol. The Kier molecular flexibility index (Phi) is 6.19. The lowest BCUT2D eigenvalue weighted by molar-refractivity contribution is 0.131. The number of halogens is 2. The summed E-state index contributed by atoms with van der Waals surface area (Å²) in [6.45, 7) is 6.59. The minimum Gasteiger partial charge on any atom is -0.295 e. The van der Waals surface area contributed by atoms with Crippen molar-refractivity contribution < 1.29 is 0 Å². The smallest absolute Gasteiger partial charge is 0.142 e. The number of rotatable bonds is 5. The zero-order valence-corrected chi connectivity index (χ0v) is 17.8. The number of nitrogens with zero attached hydrogens (tertiary/aromatic N) is 5. The molecular formula is C22H23Cl2N5. The van der Waals surface area contributed by atoms with Gasteiger partial charge in [0.1, 0.15) is 5.15 Å². The number of aromatic nitrogens is 2. The maximum atomic E-state index is 6.58. The highest BCUT2D eigenvalue weighted by Gasteiger charge is 2.17. The van der Waals surface area contributed by atoms with E-state index in [9.17, 15) is 0 Å². The molecule has 0 amide bonds. The Morgan fingerprint density at radius 2 is 1.66 bits per heavy atom. The van der Waals surface area contributed by atoms with E-state index in [4.69, 9.17) is 23.2 Å². The molecule has 0 N–H and O–H groups in total. The van der Waals surface area contributed by atoms with Crippen molar-refractivity contribution in [3.8, 4) is 5.69 Å². The van der Waals surface area contributed by atoms with Crippen molar-refractivity contribution in [2.75, 3.05) is 26.2 Å². The summed E-state index contributed by atoms with van der Waals surface area (Å²) in [6, 6.07) is 17.9. The Bertz CT molecular complexity index is 974.